The highest BCUT2D eigenvalue weighted by Crippen LogP contribution is 2.68. The third kappa shape index (κ3) is 6.98. The first-order chi connectivity index (χ1) is 25.5. The van der Waals surface area contributed by atoms with E-state index in [2.05, 4.69) is 0 Å². The van der Waals surface area contributed by atoms with Gasteiger partial charge in [0.25, 0.3) is 0 Å². The van der Waals surface area contributed by atoms with Gasteiger partial charge >= 0.3 is 113 Å². The molecule has 40 heteroatoms. The number of hydrogen-bond donors (Lipinski definition) is 0. The molecule has 0 aromatic rings. The van der Waals surface area contributed by atoms with Gasteiger partial charge in [0.05, 0.1) is 0 Å². The molecule has 0 bridgehead atoms. The predicted octanol–water partition coefficient (Wildman–Crippen LogP) is 13.5. The quantitative estimate of drug-likeness (QED) is 0.101. The van der Waals surface area contributed by atoms with Crippen LogP contribution in [0.1, 0.15) is 0 Å². The molecular weight excluding hydrogens is 1010 g/mol. The van der Waals surface area contributed by atoms with Gasteiger partial charge in [-0.2, -0.15) is 176 Å². The maximum absolute atomic E-state index is 13.9. The standard InChI is InChI=1S/C21H2F40/c22-3(23,1-2-4(24,25)6(28,29)8(32,33)10(36,37)14(44,45)16(48,49)18(52,53)20(56,57)58)5(26,27)7(30,31)9(34,35)11(38,39)12(40,41)13(42,43)15(46,47)17(50,51)19(54,55)21(59,60)61/h1-2H/b2-1+. The molecule has 61 heavy (non-hydrogen) atoms. The van der Waals surface area contributed by atoms with Crippen LogP contribution in [0.3, 0.4) is 0 Å². The van der Waals surface area contributed by atoms with Gasteiger partial charge in [-0.1, -0.05) is 0 Å². The number of rotatable bonds is 17. The van der Waals surface area contributed by atoms with Gasteiger partial charge in [-0.25, -0.2) is 0 Å². The van der Waals surface area contributed by atoms with Crippen LogP contribution in [0.4, 0.5) is 176 Å². The Kier molecular flexibility index (Phi) is 13.3. The van der Waals surface area contributed by atoms with E-state index in [0.717, 1.165) is 0 Å². The van der Waals surface area contributed by atoms with Crippen molar-refractivity contribution in [2.24, 2.45) is 0 Å². The first-order valence-electron chi connectivity index (χ1n) is 12.7. The number of allylic oxidation sites excluding steroid dienone is 2. The van der Waals surface area contributed by atoms with Crippen molar-refractivity contribution in [1.29, 1.82) is 0 Å². The van der Waals surface area contributed by atoms with E-state index in [1.165, 1.54) is 0 Å². The maximum Gasteiger partial charge on any atom is 0.460 e. The Morgan fingerprint density at radius 3 is 0.344 bits per heavy atom. The summed E-state index contributed by atoms with van der Waals surface area (Å²) in [5.41, 5.74) is 0. The Bertz CT molecular complexity index is 1610. The van der Waals surface area contributed by atoms with Gasteiger partial charge in [0, 0.05) is 0 Å². The summed E-state index contributed by atoms with van der Waals surface area (Å²) < 4.78 is 532. The highest BCUT2D eigenvalue weighted by Gasteiger charge is 2.99. The van der Waals surface area contributed by atoms with Crippen molar-refractivity contribution in [2.75, 3.05) is 0 Å². The monoisotopic (exact) mass is 1010 g/mol. The lowest BCUT2D eigenvalue weighted by atomic mass is 9.85. The molecule has 0 aromatic heterocycles. The lowest BCUT2D eigenvalue weighted by Crippen LogP contribution is -2.77. The third-order valence-electron chi connectivity index (χ3n) is 7.18. The summed E-state index contributed by atoms with van der Waals surface area (Å²) in [6, 6.07) is 0. The Balaban J connectivity index is 7.57. The minimum absolute atomic E-state index is 3.62. The highest BCUT2D eigenvalue weighted by molar-refractivity contribution is 5.23. The average Bonchev–Trinajstić information content (AvgIpc) is 3.01. The molecule has 0 atom stereocenters. The Morgan fingerprint density at radius 2 is 0.230 bits per heavy atom. The molecule has 0 radical (unpaired) electrons. The molecule has 0 aromatic carbocycles. The largest absolute Gasteiger partial charge is 0.460 e. The smallest absolute Gasteiger partial charge is 0.195 e. The lowest BCUT2D eigenvalue weighted by molar-refractivity contribution is -0.477. The van der Waals surface area contributed by atoms with Gasteiger partial charge in [0.1, 0.15) is 0 Å². The van der Waals surface area contributed by atoms with Crippen LogP contribution in [0.2, 0.25) is 0 Å². The molecule has 0 saturated carbocycles. The molecule has 0 amide bonds. The van der Waals surface area contributed by atoms with Crippen LogP contribution in [-0.2, 0) is 0 Å². The molecule has 366 valence electrons. The van der Waals surface area contributed by atoms with Gasteiger partial charge in [0.15, 0.2) is 0 Å². The molecule has 0 unspecified atom stereocenters. The Labute approximate surface area is 302 Å². The van der Waals surface area contributed by atoms with Crippen LogP contribution in [0, 0.1) is 0 Å². The highest BCUT2D eigenvalue weighted by atomic mass is 19.5. The van der Waals surface area contributed by atoms with E-state index in [1.807, 2.05) is 0 Å². The number of halogens is 40. The van der Waals surface area contributed by atoms with Crippen LogP contribution in [-0.4, -0.2) is 113 Å². The molecular formula is C21H2F40. The van der Waals surface area contributed by atoms with Crippen molar-refractivity contribution in [3.05, 3.63) is 12.2 Å². The fourth-order valence-electron chi connectivity index (χ4n) is 3.36. The van der Waals surface area contributed by atoms with Crippen LogP contribution < -0.4 is 0 Å². The molecule has 0 saturated heterocycles. The van der Waals surface area contributed by atoms with E-state index in [0.29, 0.717) is 0 Å². The summed E-state index contributed by atoms with van der Waals surface area (Å²) in [7, 11) is 0. The molecule has 0 N–H and O–H groups in total. The van der Waals surface area contributed by atoms with E-state index >= 15 is 0 Å². The summed E-state index contributed by atoms with van der Waals surface area (Å²) in [4.78, 5) is 0. The van der Waals surface area contributed by atoms with Gasteiger partial charge in [-0.3, -0.25) is 0 Å². The van der Waals surface area contributed by atoms with E-state index in [-0.39, 0.29) is 0 Å². The fraction of sp³-hybridized carbons (Fsp3) is 0.905. The van der Waals surface area contributed by atoms with Crippen molar-refractivity contribution < 1.29 is 176 Å². The number of hydrogen-bond acceptors (Lipinski definition) is 0. The summed E-state index contributed by atoms with van der Waals surface area (Å²) in [6.07, 6.45) is -24.0. The molecule has 0 aliphatic carbocycles. The molecule has 0 rings (SSSR count). The average molecular weight is 1010 g/mol. The molecule has 0 heterocycles. The van der Waals surface area contributed by atoms with Gasteiger partial charge in [-0.15, -0.1) is 0 Å². The summed E-state index contributed by atoms with van der Waals surface area (Å²) >= 11 is 0. The van der Waals surface area contributed by atoms with E-state index < -0.39 is 125 Å². The zero-order valence-electron chi connectivity index (χ0n) is 25.8. The Morgan fingerprint density at radius 1 is 0.131 bits per heavy atom. The first kappa shape index (κ1) is 57.9. The molecule has 0 fully saturated rings. The normalized spacial score (nSPS) is 17.4. The number of alkyl halides is 40. The summed E-state index contributed by atoms with van der Waals surface area (Å²) in [5.74, 6) is -160. The lowest BCUT2D eigenvalue weighted by Gasteiger charge is -2.45. The summed E-state index contributed by atoms with van der Waals surface area (Å²) in [6.45, 7) is 0. The van der Waals surface area contributed by atoms with Crippen LogP contribution in [0.15, 0.2) is 12.2 Å². The van der Waals surface area contributed by atoms with Crippen molar-refractivity contribution in [2.45, 2.75) is 113 Å². The predicted molar refractivity (Wildman–Crippen MR) is 105 cm³/mol. The van der Waals surface area contributed by atoms with Crippen molar-refractivity contribution in [3.63, 3.8) is 0 Å². The topological polar surface area (TPSA) is 0 Å². The second-order valence-corrected chi connectivity index (χ2v) is 11.2. The zero-order valence-corrected chi connectivity index (χ0v) is 25.8. The first-order valence-corrected chi connectivity index (χ1v) is 12.7. The zero-order chi connectivity index (χ0) is 50.9. The van der Waals surface area contributed by atoms with E-state index in [4.69, 9.17) is 0 Å². The molecule has 0 aliphatic rings. The minimum atomic E-state index is -10.1. The maximum atomic E-state index is 13.9. The molecule has 0 nitrogen and oxygen atoms in total. The van der Waals surface area contributed by atoms with Gasteiger partial charge in [0.2, 0.25) is 0 Å². The van der Waals surface area contributed by atoms with Crippen LogP contribution in [0.25, 0.3) is 0 Å². The molecule has 0 spiro atoms. The minimum Gasteiger partial charge on any atom is -0.195 e. The van der Waals surface area contributed by atoms with E-state index in [1.54, 1.807) is 0 Å². The molecule has 0 aliphatic heterocycles. The van der Waals surface area contributed by atoms with Crippen molar-refractivity contribution >= 4 is 0 Å². The third-order valence-corrected chi connectivity index (χ3v) is 7.18. The Hall–Kier alpha value is -3.06. The van der Waals surface area contributed by atoms with Crippen molar-refractivity contribution in [1.82, 2.24) is 0 Å². The van der Waals surface area contributed by atoms with Crippen LogP contribution in [0.5, 0.6) is 0 Å². The summed E-state index contributed by atoms with van der Waals surface area (Å²) in [5, 5.41) is 0. The second-order valence-electron chi connectivity index (χ2n) is 11.2. The second kappa shape index (κ2) is 14.0. The SMILES string of the molecule is FC(F)(F)C(F)(F)C(F)(F)C(F)(F)C(F)(F)C(F)(F)C(F)(F)C(F)(F)/C=C/C(F)(F)C(F)(F)C(F)(F)C(F)(F)C(F)(F)C(F)(F)C(F)(F)C(F)(F)C(F)(F)C(F)(F)C(F)(F)F. The van der Waals surface area contributed by atoms with Gasteiger partial charge < -0.3 is 0 Å². The fourth-order valence-corrected chi connectivity index (χ4v) is 3.36. The van der Waals surface area contributed by atoms with E-state index in [9.17, 15) is 176 Å². The van der Waals surface area contributed by atoms with Crippen molar-refractivity contribution in [3.8, 4) is 0 Å². The van der Waals surface area contributed by atoms with Gasteiger partial charge in [-0.05, 0) is 12.2 Å². The van der Waals surface area contributed by atoms with Crippen LogP contribution >= 0.6 is 0 Å².